The Balaban J connectivity index is 2.16. The first-order chi connectivity index (χ1) is 9.56. The molecule has 2 N–H and O–H groups in total. The first-order valence-corrected chi connectivity index (χ1v) is 6.53. The van der Waals surface area contributed by atoms with E-state index in [1.807, 2.05) is 6.92 Å². The summed E-state index contributed by atoms with van der Waals surface area (Å²) in [5.74, 6) is -1.29. The number of hydrogen-bond acceptors (Lipinski definition) is 5. The summed E-state index contributed by atoms with van der Waals surface area (Å²) in [5, 5.41) is 19.0. The third kappa shape index (κ3) is 3.48. The van der Waals surface area contributed by atoms with E-state index in [0.717, 1.165) is 17.2 Å². The number of amides is 1. The summed E-state index contributed by atoms with van der Waals surface area (Å²) in [6, 6.07) is 5.02. The van der Waals surface area contributed by atoms with E-state index in [1.54, 1.807) is 18.2 Å². The van der Waals surface area contributed by atoms with Crippen molar-refractivity contribution in [2.45, 2.75) is 6.92 Å². The van der Waals surface area contributed by atoms with Gasteiger partial charge in [-0.2, -0.15) is 0 Å². The molecule has 6 nitrogen and oxygen atoms in total. The predicted molar refractivity (Wildman–Crippen MR) is 75.7 cm³/mol. The summed E-state index contributed by atoms with van der Waals surface area (Å²) >= 11 is 1.23. The number of carbonyl (C=O) groups excluding carboxylic acids is 1. The number of rotatable bonds is 4. The SMILES string of the molecule is Cc1cc(C(=O)Nc2nncs2)ccc1/C=C/C(=O)O. The molecular weight excluding hydrogens is 278 g/mol. The van der Waals surface area contributed by atoms with E-state index in [4.69, 9.17) is 5.11 Å². The minimum atomic E-state index is -1.01. The molecule has 1 heterocycles. The van der Waals surface area contributed by atoms with Crippen molar-refractivity contribution in [2.24, 2.45) is 0 Å². The highest BCUT2D eigenvalue weighted by Gasteiger charge is 2.09. The van der Waals surface area contributed by atoms with Crippen LogP contribution in [-0.2, 0) is 4.79 Å². The smallest absolute Gasteiger partial charge is 0.328 e. The second kappa shape index (κ2) is 6.07. The Hall–Kier alpha value is -2.54. The average molecular weight is 289 g/mol. The molecule has 1 aromatic heterocycles. The summed E-state index contributed by atoms with van der Waals surface area (Å²) in [7, 11) is 0. The molecule has 0 bridgehead atoms. The molecule has 1 amide bonds. The summed E-state index contributed by atoms with van der Waals surface area (Å²) in [6.45, 7) is 1.81. The van der Waals surface area contributed by atoms with Gasteiger partial charge in [0.15, 0.2) is 0 Å². The lowest BCUT2D eigenvalue weighted by Gasteiger charge is -2.05. The Labute approximate surface area is 118 Å². The Kier molecular flexibility index (Phi) is 4.21. The normalized spacial score (nSPS) is 10.7. The zero-order chi connectivity index (χ0) is 14.5. The molecule has 7 heteroatoms. The summed E-state index contributed by atoms with van der Waals surface area (Å²) < 4.78 is 0. The van der Waals surface area contributed by atoms with Gasteiger partial charge in [0.2, 0.25) is 5.13 Å². The van der Waals surface area contributed by atoms with Crippen LogP contribution in [0, 0.1) is 6.92 Å². The van der Waals surface area contributed by atoms with E-state index in [9.17, 15) is 9.59 Å². The van der Waals surface area contributed by atoms with Crippen LogP contribution >= 0.6 is 11.3 Å². The van der Waals surface area contributed by atoms with Crippen LogP contribution in [0.2, 0.25) is 0 Å². The van der Waals surface area contributed by atoms with Crippen LogP contribution in [0.1, 0.15) is 21.5 Å². The molecule has 2 aromatic rings. The van der Waals surface area contributed by atoms with Gasteiger partial charge in [-0.25, -0.2) is 4.79 Å². The number of carboxylic acids is 1. The van der Waals surface area contributed by atoms with E-state index in [0.29, 0.717) is 10.7 Å². The van der Waals surface area contributed by atoms with Crippen molar-refractivity contribution in [1.29, 1.82) is 0 Å². The van der Waals surface area contributed by atoms with E-state index in [2.05, 4.69) is 15.5 Å². The number of carboxylic acid groups (broad SMARTS) is 1. The molecule has 2 rings (SSSR count). The van der Waals surface area contributed by atoms with Crippen molar-refractivity contribution in [3.8, 4) is 0 Å². The maximum atomic E-state index is 12.0. The van der Waals surface area contributed by atoms with Crippen LogP contribution in [0.5, 0.6) is 0 Å². The van der Waals surface area contributed by atoms with Crippen molar-refractivity contribution < 1.29 is 14.7 Å². The minimum Gasteiger partial charge on any atom is -0.478 e. The lowest BCUT2D eigenvalue weighted by atomic mass is 10.0. The molecule has 0 saturated heterocycles. The number of aryl methyl sites for hydroxylation is 1. The predicted octanol–water partition coefficient (Wildman–Crippen LogP) is 2.20. The topological polar surface area (TPSA) is 92.2 Å². The largest absolute Gasteiger partial charge is 0.478 e. The van der Waals surface area contributed by atoms with Gasteiger partial charge in [-0.1, -0.05) is 17.4 Å². The van der Waals surface area contributed by atoms with Gasteiger partial charge in [-0.15, -0.1) is 10.2 Å². The lowest BCUT2D eigenvalue weighted by Crippen LogP contribution is -2.12. The van der Waals surface area contributed by atoms with Crippen LogP contribution in [-0.4, -0.2) is 27.2 Å². The molecule has 0 spiro atoms. The first kappa shape index (κ1) is 13.9. The molecule has 0 unspecified atom stereocenters. The fourth-order valence-corrected chi connectivity index (χ4v) is 2.00. The molecule has 0 saturated carbocycles. The zero-order valence-corrected chi connectivity index (χ0v) is 11.3. The van der Waals surface area contributed by atoms with Gasteiger partial charge < -0.3 is 5.11 Å². The highest BCUT2D eigenvalue weighted by atomic mass is 32.1. The lowest BCUT2D eigenvalue weighted by molar-refractivity contribution is -0.131. The van der Waals surface area contributed by atoms with Gasteiger partial charge >= 0.3 is 5.97 Å². The van der Waals surface area contributed by atoms with Gasteiger partial charge in [-0.3, -0.25) is 10.1 Å². The highest BCUT2D eigenvalue weighted by Crippen LogP contribution is 2.15. The maximum Gasteiger partial charge on any atom is 0.328 e. The average Bonchev–Trinajstić information content (AvgIpc) is 2.89. The summed E-state index contributed by atoms with van der Waals surface area (Å²) in [5.41, 5.74) is 3.57. The highest BCUT2D eigenvalue weighted by molar-refractivity contribution is 7.13. The Bertz CT molecular complexity index is 666. The quantitative estimate of drug-likeness (QED) is 0.842. The summed E-state index contributed by atoms with van der Waals surface area (Å²) in [6.07, 6.45) is 2.55. The third-order valence-electron chi connectivity index (χ3n) is 2.52. The Morgan fingerprint density at radius 1 is 1.40 bits per heavy atom. The zero-order valence-electron chi connectivity index (χ0n) is 10.5. The molecule has 20 heavy (non-hydrogen) atoms. The van der Waals surface area contributed by atoms with E-state index < -0.39 is 5.97 Å². The number of aromatic nitrogens is 2. The van der Waals surface area contributed by atoms with E-state index in [1.165, 1.54) is 22.9 Å². The van der Waals surface area contributed by atoms with Crippen molar-refractivity contribution in [3.63, 3.8) is 0 Å². The molecular formula is C13H11N3O3S. The fraction of sp³-hybridized carbons (Fsp3) is 0.0769. The number of aliphatic carboxylic acids is 1. The molecule has 0 fully saturated rings. The Morgan fingerprint density at radius 2 is 2.20 bits per heavy atom. The van der Waals surface area contributed by atoms with Gasteiger partial charge in [0, 0.05) is 11.6 Å². The van der Waals surface area contributed by atoms with Crippen molar-refractivity contribution in [3.05, 3.63) is 46.5 Å². The Morgan fingerprint density at radius 3 is 2.80 bits per heavy atom. The van der Waals surface area contributed by atoms with Crippen molar-refractivity contribution in [2.75, 3.05) is 5.32 Å². The first-order valence-electron chi connectivity index (χ1n) is 5.65. The van der Waals surface area contributed by atoms with Crippen LogP contribution in [0.3, 0.4) is 0 Å². The van der Waals surface area contributed by atoms with Crippen LogP contribution < -0.4 is 5.32 Å². The van der Waals surface area contributed by atoms with E-state index >= 15 is 0 Å². The number of nitrogens with zero attached hydrogens (tertiary/aromatic N) is 2. The maximum absolute atomic E-state index is 12.0. The monoisotopic (exact) mass is 289 g/mol. The van der Waals surface area contributed by atoms with Crippen LogP contribution in [0.15, 0.2) is 29.8 Å². The number of benzene rings is 1. The fourth-order valence-electron chi connectivity index (χ4n) is 1.56. The van der Waals surface area contributed by atoms with Crippen molar-refractivity contribution in [1.82, 2.24) is 10.2 Å². The molecule has 0 radical (unpaired) electrons. The second-order valence-electron chi connectivity index (χ2n) is 3.94. The van der Waals surface area contributed by atoms with Gasteiger partial charge in [0.05, 0.1) is 0 Å². The molecule has 0 aliphatic rings. The van der Waals surface area contributed by atoms with Crippen LogP contribution in [0.4, 0.5) is 5.13 Å². The third-order valence-corrected chi connectivity index (χ3v) is 3.12. The molecule has 0 aliphatic heterocycles. The number of anilines is 1. The minimum absolute atomic E-state index is 0.279. The molecule has 0 atom stereocenters. The number of nitrogens with one attached hydrogen (secondary N) is 1. The number of hydrogen-bond donors (Lipinski definition) is 2. The van der Waals surface area contributed by atoms with Crippen molar-refractivity contribution >= 4 is 34.4 Å². The second-order valence-corrected chi connectivity index (χ2v) is 4.77. The van der Waals surface area contributed by atoms with Gasteiger partial charge in [0.1, 0.15) is 5.51 Å². The standard InChI is InChI=1S/C13H11N3O3S/c1-8-6-10(3-2-9(8)4-5-11(17)18)12(19)15-13-16-14-7-20-13/h2-7H,1H3,(H,17,18)(H,15,16,19)/b5-4+. The summed E-state index contributed by atoms with van der Waals surface area (Å²) in [4.78, 5) is 22.4. The molecule has 1 aromatic carbocycles. The van der Waals surface area contributed by atoms with Gasteiger partial charge in [0.25, 0.3) is 5.91 Å². The molecule has 0 aliphatic carbocycles. The van der Waals surface area contributed by atoms with E-state index in [-0.39, 0.29) is 5.91 Å². The van der Waals surface area contributed by atoms with Gasteiger partial charge in [-0.05, 0) is 36.3 Å². The van der Waals surface area contributed by atoms with Crippen LogP contribution in [0.25, 0.3) is 6.08 Å². The molecule has 102 valence electrons. The number of carbonyl (C=O) groups is 2.